The Labute approximate surface area is 114 Å². The van der Waals surface area contributed by atoms with Crippen LogP contribution in [-0.2, 0) is 6.54 Å². The molecular weight excluding hydrogens is 238 g/mol. The van der Waals surface area contributed by atoms with E-state index in [0.29, 0.717) is 13.1 Å². The molecule has 0 spiro atoms. The van der Waals surface area contributed by atoms with Crippen molar-refractivity contribution in [1.82, 2.24) is 16.0 Å². The second-order valence-electron chi connectivity index (χ2n) is 4.66. The molecule has 0 fully saturated rings. The summed E-state index contributed by atoms with van der Waals surface area (Å²) in [5.41, 5.74) is 2.54. The van der Waals surface area contributed by atoms with Crippen LogP contribution in [0.4, 0.5) is 4.79 Å². The largest absolute Gasteiger partial charge is 0.338 e. The van der Waals surface area contributed by atoms with Gasteiger partial charge in [0.05, 0.1) is 0 Å². The van der Waals surface area contributed by atoms with E-state index in [-0.39, 0.29) is 6.03 Å². The molecule has 2 amide bonds. The van der Waals surface area contributed by atoms with Gasteiger partial charge in [-0.15, -0.1) is 0 Å². The Morgan fingerprint density at radius 3 is 2.79 bits per heavy atom. The molecule has 1 aromatic rings. The molecule has 0 bridgehead atoms. The summed E-state index contributed by atoms with van der Waals surface area (Å²) in [5.74, 6) is 0. The fourth-order valence-corrected chi connectivity index (χ4v) is 2.07. The number of rotatable bonds is 5. The van der Waals surface area contributed by atoms with Gasteiger partial charge in [-0.3, -0.25) is 0 Å². The van der Waals surface area contributed by atoms with Gasteiger partial charge in [-0.1, -0.05) is 42.0 Å². The van der Waals surface area contributed by atoms with Gasteiger partial charge >= 0.3 is 6.03 Å². The van der Waals surface area contributed by atoms with Crippen molar-refractivity contribution in [1.29, 1.82) is 0 Å². The Morgan fingerprint density at radius 2 is 2.05 bits per heavy atom. The molecule has 0 saturated heterocycles. The minimum absolute atomic E-state index is 0.0987. The Bertz CT molecular complexity index is 428. The standard InChI is InChI=1S/C15H21N3O/c19-15(18-12-14-4-2-1-3-5-14)17-11-8-13-6-9-16-10-7-13/h1-6,16H,7-12H2,(H2,17,18,19). The molecule has 1 aliphatic rings. The van der Waals surface area contributed by atoms with E-state index in [1.54, 1.807) is 0 Å². The van der Waals surface area contributed by atoms with Crippen molar-refractivity contribution in [2.24, 2.45) is 0 Å². The zero-order valence-electron chi connectivity index (χ0n) is 11.1. The number of urea groups is 1. The van der Waals surface area contributed by atoms with Crippen molar-refractivity contribution >= 4 is 6.03 Å². The van der Waals surface area contributed by atoms with Gasteiger partial charge in [-0.05, 0) is 24.9 Å². The zero-order valence-corrected chi connectivity index (χ0v) is 11.1. The molecule has 1 aliphatic heterocycles. The Kier molecular flexibility index (Phi) is 5.44. The van der Waals surface area contributed by atoms with Crippen LogP contribution in [0, 0.1) is 0 Å². The average Bonchev–Trinajstić information content (AvgIpc) is 2.47. The lowest BCUT2D eigenvalue weighted by atomic mass is 10.1. The molecule has 0 unspecified atom stereocenters. The Morgan fingerprint density at radius 1 is 1.21 bits per heavy atom. The number of carbonyl (C=O) groups is 1. The third-order valence-corrected chi connectivity index (χ3v) is 3.19. The van der Waals surface area contributed by atoms with Crippen molar-refractivity contribution in [3.63, 3.8) is 0 Å². The highest BCUT2D eigenvalue weighted by molar-refractivity contribution is 5.73. The molecule has 0 atom stereocenters. The molecule has 4 nitrogen and oxygen atoms in total. The van der Waals surface area contributed by atoms with E-state index < -0.39 is 0 Å². The summed E-state index contributed by atoms with van der Waals surface area (Å²) in [5, 5.41) is 9.02. The Balaban J connectivity index is 1.61. The normalized spacial score (nSPS) is 14.6. The number of benzene rings is 1. The van der Waals surface area contributed by atoms with Gasteiger partial charge in [0.25, 0.3) is 0 Å². The molecule has 3 N–H and O–H groups in total. The average molecular weight is 259 g/mol. The summed E-state index contributed by atoms with van der Waals surface area (Å²) in [7, 11) is 0. The molecule has 102 valence electrons. The first-order chi connectivity index (χ1) is 9.34. The minimum atomic E-state index is -0.0987. The molecule has 0 saturated carbocycles. The van der Waals surface area contributed by atoms with Gasteiger partial charge in [0.2, 0.25) is 0 Å². The summed E-state index contributed by atoms with van der Waals surface area (Å²) in [6, 6.07) is 9.81. The highest BCUT2D eigenvalue weighted by Crippen LogP contribution is 2.07. The summed E-state index contributed by atoms with van der Waals surface area (Å²) in [6.07, 6.45) is 4.25. The van der Waals surface area contributed by atoms with Crippen molar-refractivity contribution in [3.05, 3.63) is 47.5 Å². The van der Waals surface area contributed by atoms with Crippen LogP contribution in [0.5, 0.6) is 0 Å². The fourth-order valence-electron chi connectivity index (χ4n) is 2.07. The maximum absolute atomic E-state index is 11.6. The van der Waals surface area contributed by atoms with Crippen LogP contribution in [0.3, 0.4) is 0 Å². The second-order valence-corrected chi connectivity index (χ2v) is 4.66. The van der Waals surface area contributed by atoms with Crippen molar-refractivity contribution in [2.75, 3.05) is 19.6 Å². The van der Waals surface area contributed by atoms with Crippen LogP contribution in [0.25, 0.3) is 0 Å². The smallest absolute Gasteiger partial charge is 0.315 e. The fraction of sp³-hybridized carbons (Fsp3) is 0.400. The molecule has 1 heterocycles. The second kappa shape index (κ2) is 7.59. The first kappa shape index (κ1) is 13.6. The lowest BCUT2D eigenvalue weighted by Gasteiger charge is -2.14. The number of nitrogens with one attached hydrogen (secondary N) is 3. The first-order valence-electron chi connectivity index (χ1n) is 6.79. The highest BCUT2D eigenvalue weighted by atomic mass is 16.2. The molecule has 0 aliphatic carbocycles. The lowest BCUT2D eigenvalue weighted by molar-refractivity contribution is 0.240. The molecule has 19 heavy (non-hydrogen) atoms. The Hall–Kier alpha value is -1.81. The highest BCUT2D eigenvalue weighted by Gasteiger charge is 2.04. The lowest BCUT2D eigenvalue weighted by Crippen LogP contribution is -2.35. The van der Waals surface area contributed by atoms with Gasteiger partial charge in [0.1, 0.15) is 0 Å². The summed E-state index contributed by atoms with van der Waals surface area (Å²) in [6.45, 7) is 3.27. The third-order valence-electron chi connectivity index (χ3n) is 3.19. The van der Waals surface area contributed by atoms with E-state index in [4.69, 9.17) is 0 Å². The van der Waals surface area contributed by atoms with Gasteiger partial charge < -0.3 is 16.0 Å². The summed E-state index contributed by atoms with van der Waals surface area (Å²) in [4.78, 5) is 11.6. The molecule has 0 radical (unpaired) electrons. The first-order valence-corrected chi connectivity index (χ1v) is 6.79. The summed E-state index contributed by atoms with van der Waals surface area (Å²) < 4.78 is 0. The van der Waals surface area contributed by atoms with Crippen LogP contribution >= 0.6 is 0 Å². The maximum atomic E-state index is 11.6. The summed E-state index contributed by atoms with van der Waals surface area (Å²) >= 11 is 0. The van der Waals surface area contributed by atoms with Crippen LogP contribution < -0.4 is 16.0 Å². The van der Waals surface area contributed by atoms with E-state index in [1.807, 2.05) is 30.3 Å². The van der Waals surface area contributed by atoms with Crippen LogP contribution in [-0.4, -0.2) is 25.7 Å². The van der Waals surface area contributed by atoms with Crippen LogP contribution in [0.15, 0.2) is 42.0 Å². The third kappa shape index (κ3) is 5.14. The number of carbonyl (C=O) groups excluding carboxylic acids is 1. The SMILES string of the molecule is O=C(NCCC1=CCNCC1)NCc1ccccc1. The molecule has 2 rings (SSSR count). The van der Waals surface area contributed by atoms with Crippen molar-refractivity contribution in [3.8, 4) is 0 Å². The predicted octanol–water partition coefficient (Wildman–Crippen LogP) is 1.80. The quantitative estimate of drug-likeness (QED) is 0.706. The van der Waals surface area contributed by atoms with E-state index in [0.717, 1.165) is 31.5 Å². The minimum Gasteiger partial charge on any atom is -0.338 e. The van der Waals surface area contributed by atoms with E-state index in [1.165, 1.54) is 5.57 Å². The molecule has 4 heteroatoms. The van der Waals surface area contributed by atoms with E-state index in [2.05, 4.69) is 22.0 Å². The van der Waals surface area contributed by atoms with Gasteiger partial charge in [-0.2, -0.15) is 0 Å². The van der Waals surface area contributed by atoms with Crippen molar-refractivity contribution < 1.29 is 4.79 Å². The number of hydrogen-bond donors (Lipinski definition) is 3. The molecule has 1 aromatic carbocycles. The topological polar surface area (TPSA) is 53.2 Å². The predicted molar refractivity (Wildman–Crippen MR) is 76.9 cm³/mol. The maximum Gasteiger partial charge on any atom is 0.315 e. The molecular formula is C15H21N3O. The molecule has 0 aromatic heterocycles. The van der Waals surface area contributed by atoms with Gasteiger partial charge in [-0.25, -0.2) is 4.79 Å². The van der Waals surface area contributed by atoms with Crippen LogP contribution in [0.2, 0.25) is 0 Å². The van der Waals surface area contributed by atoms with Crippen LogP contribution in [0.1, 0.15) is 18.4 Å². The van der Waals surface area contributed by atoms with Gasteiger partial charge in [0, 0.05) is 19.6 Å². The van der Waals surface area contributed by atoms with Gasteiger partial charge in [0.15, 0.2) is 0 Å². The zero-order chi connectivity index (χ0) is 13.3. The monoisotopic (exact) mass is 259 g/mol. The van der Waals surface area contributed by atoms with E-state index in [9.17, 15) is 4.79 Å². The number of amides is 2. The van der Waals surface area contributed by atoms with E-state index >= 15 is 0 Å². The van der Waals surface area contributed by atoms with Crippen molar-refractivity contribution in [2.45, 2.75) is 19.4 Å². The number of hydrogen-bond acceptors (Lipinski definition) is 2.